The van der Waals surface area contributed by atoms with E-state index in [1.54, 1.807) is 6.08 Å². The highest BCUT2D eigenvalue weighted by Gasteiger charge is 2.77. The fourth-order valence-electron chi connectivity index (χ4n) is 9.68. The molecule has 3 N–H and O–H groups in total. The number of fused-ring (bicyclic) bond motifs is 7. The third kappa shape index (κ3) is 2.81. The summed E-state index contributed by atoms with van der Waals surface area (Å²) in [5, 5.41) is 44.2. The number of carboxylic acids is 1. The van der Waals surface area contributed by atoms with Gasteiger partial charge in [0.15, 0.2) is 5.78 Å². The second-order valence-electron chi connectivity index (χ2n) is 14.3. The van der Waals surface area contributed by atoms with Crippen molar-refractivity contribution in [3.8, 4) is 6.07 Å². The maximum atomic E-state index is 14.2. The van der Waals surface area contributed by atoms with Crippen LogP contribution in [0.25, 0.3) is 0 Å². The van der Waals surface area contributed by atoms with Gasteiger partial charge >= 0.3 is 5.97 Å². The first-order valence-electron chi connectivity index (χ1n) is 13.5. The van der Waals surface area contributed by atoms with Crippen LogP contribution in [-0.2, 0) is 14.4 Å². The highest BCUT2D eigenvalue weighted by molar-refractivity contribution is 6.07. The van der Waals surface area contributed by atoms with Gasteiger partial charge in [-0.3, -0.25) is 14.4 Å². The lowest BCUT2D eigenvalue weighted by Gasteiger charge is -2.71. The maximum absolute atomic E-state index is 14.2. The van der Waals surface area contributed by atoms with Gasteiger partial charge in [0.1, 0.15) is 17.3 Å². The molecule has 0 radical (unpaired) electrons. The van der Waals surface area contributed by atoms with Gasteiger partial charge in [0, 0.05) is 22.7 Å². The Morgan fingerprint density at radius 2 is 1.59 bits per heavy atom. The Kier molecular flexibility index (Phi) is 5.13. The minimum Gasteiger partial charge on any atom is -0.481 e. The third-order valence-electron chi connectivity index (χ3n) is 12.2. The van der Waals surface area contributed by atoms with Gasteiger partial charge in [-0.15, -0.1) is 0 Å². The number of nitrogens with zero attached hydrogens (tertiary/aromatic N) is 1. The summed E-state index contributed by atoms with van der Waals surface area (Å²) in [5.41, 5.74) is -6.98. The fraction of sp³-hybridized carbons (Fsp3) is 0.733. The summed E-state index contributed by atoms with van der Waals surface area (Å²) in [6.07, 6.45) is 6.46. The Morgan fingerprint density at radius 3 is 2.19 bits per heavy atom. The van der Waals surface area contributed by atoms with Gasteiger partial charge in [-0.1, -0.05) is 40.7 Å². The molecular weight excluding hydrogens is 470 g/mol. The molecule has 0 aromatic heterocycles. The van der Waals surface area contributed by atoms with E-state index >= 15 is 0 Å². The zero-order valence-electron chi connectivity index (χ0n) is 22.8. The molecule has 0 spiro atoms. The first-order chi connectivity index (χ1) is 16.9. The van der Waals surface area contributed by atoms with Crippen LogP contribution in [0.4, 0.5) is 0 Å². The van der Waals surface area contributed by atoms with Gasteiger partial charge in [-0.25, -0.2) is 0 Å². The van der Waals surface area contributed by atoms with Crippen LogP contribution in [0.5, 0.6) is 0 Å². The van der Waals surface area contributed by atoms with E-state index in [0.29, 0.717) is 38.5 Å². The molecule has 37 heavy (non-hydrogen) atoms. The van der Waals surface area contributed by atoms with Crippen LogP contribution in [-0.4, -0.2) is 44.1 Å². The molecule has 8 atom stereocenters. The zero-order chi connectivity index (χ0) is 27.6. The van der Waals surface area contributed by atoms with Gasteiger partial charge in [0.25, 0.3) is 0 Å². The molecule has 3 fully saturated rings. The standard InChI is InChI=1S/C30H39NO6/c1-24(2)9-11-29(23(34)35)12-10-27(5)26(4)8-7-18-25(3,14-17(16-31)22(33)28(18,6)36)19(26)13-21(32)30(27,37)20(29)15-24/h13-14,18,20,36-37H,7-12,15H2,1-6H3,(H,34,35)/t18-,20-,25+,26-,27+,28+,29+,30-/m1/s1. The zero-order valence-corrected chi connectivity index (χ0v) is 22.8. The van der Waals surface area contributed by atoms with Crippen LogP contribution in [0.3, 0.4) is 0 Å². The van der Waals surface area contributed by atoms with Gasteiger partial charge in [0.2, 0.25) is 5.78 Å². The highest BCUT2D eigenvalue weighted by Crippen LogP contribution is 2.75. The predicted molar refractivity (Wildman–Crippen MR) is 135 cm³/mol. The number of ketones is 2. The molecule has 5 rings (SSSR count). The van der Waals surface area contributed by atoms with Gasteiger partial charge in [-0.05, 0) is 74.3 Å². The second-order valence-corrected chi connectivity index (χ2v) is 14.3. The van der Waals surface area contributed by atoms with Crippen molar-refractivity contribution in [1.82, 2.24) is 0 Å². The molecule has 0 unspecified atom stereocenters. The molecule has 200 valence electrons. The van der Waals surface area contributed by atoms with Crippen LogP contribution in [0, 0.1) is 50.2 Å². The van der Waals surface area contributed by atoms with Crippen molar-refractivity contribution in [3.05, 3.63) is 23.3 Å². The Hall–Kier alpha value is -2.30. The van der Waals surface area contributed by atoms with Crippen LogP contribution in [0.2, 0.25) is 0 Å². The summed E-state index contributed by atoms with van der Waals surface area (Å²) in [5.74, 6) is -3.27. The van der Waals surface area contributed by atoms with Crippen molar-refractivity contribution < 1.29 is 29.7 Å². The van der Waals surface area contributed by atoms with E-state index < -0.39 is 62.2 Å². The van der Waals surface area contributed by atoms with E-state index in [1.165, 1.54) is 13.0 Å². The second kappa shape index (κ2) is 7.21. The Labute approximate surface area is 218 Å². The third-order valence-corrected chi connectivity index (χ3v) is 12.2. The summed E-state index contributed by atoms with van der Waals surface area (Å²) in [6.45, 7) is 11.5. The predicted octanol–water partition coefficient (Wildman–Crippen LogP) is 4.13. The number of hydrogen-bond acceptors (Lipinski definition) is 6. The molecule has 0 aromatic carbocycles. The average Bonchev–Trinajstić information content (AvgIpc) is 2.80. The smallest absolute Gasteiger partial charge is 0.310 e. The van der Waals surface area contributed by atoms with Crippen LogP contribution in [0.1, 0.15) is 86.5 Å². The molecule has 0 amide bonds. The van der Waals surface area contributed by atoms with Crippen molar-refractivity contribution in [2.45, 2.75) is 97.7 Å². The first kappa shape index (κ1) is 26.3. The van der Waals surface area contributed by atoms with E-state index in [4.69, 9.17) is 0 Å². The van der Waals surface area contributed by atoms with E-state index in [9.17, 15) is 35.0 Å². The summed E-state index contributed by atoms with van der Waals surface area (Å²) in [6, 6.07) is 1.95. The van der Waals surface area contributed by atoms with Crippen LogP contribution < -0.4 is 0 Å². The van der Waals surface area contributed by atoms with Crippen molar-refractivity contribution >= 4 is 17.5 Å². The quantitative estimate of drug-likeness (QED) is 0.483. The molecule has 5 aliphatic carbocycles. The minimum atomic E-state index is -1.86. The Bertz CT molecular complexity index is 1240. The number of Topliss-reactive ketones (excluding diaryl/α,β-unsaturated/α-hetero) is 1. The molecule has 0 bridgehead atoms. The van der Waals surface area contributed by atoms with Gasteiger partial charge in [-0.2, -0.15) is 5.26 Å². The normalized spacial score (nSPS) is 50.4. The highest BCUT2D eigenvalue weighted by atomic mass is 16.4. The number of aliphatic hydroxyl groups is 2. The first-order valence-corrected chi connectivity index (χ1v) is 13.5. The molecule has 7 nitrogen and oxygen atoms in total. The molecule has 0 aliphatic heterocycles. The van der Waals surface area contributed by atoms with Crippen molar-refractivity contribution in [1.29, 1.82) is 5.26 Å². The van der Waals surface area contributed by atoms with Gasteiger partial charge in [0.05, 0.1) is 11.0 Å². The molecule has 0 heterocycles. The molecule has 7 heteroatoms. The number of rotatable bonds is 1. The Morgan fingerprint density at radius 1 is 0.973 bits per heavy atom. The lowest BCUT2D eigenvalue weighted by atomic mass is 9.33. The van der Waals surface area contributed by atoms with Crippen molar-refractivity contribution in [3.63, 3.8) is 0 Å². The molecule has 0 saturated heterocycles. The van der Waals surface area contributed by atoms with E-state index in [-0.39, 0.29) is 11.0 Å². The number of aliphatic carboxylic acids is 1. The lowest BCUT2D eigenvalue weighted by Crippen LogP contribution is -2.75. The molecule has 0 aromatic rings. The number of carbonyl (C=O) groups is 3. The lowest BCUT2D eigenvalue weighted by molar-refractivity contribution is -0.247. The summed E-state index contributed by atoms with van der Waals surface area (Å²) in [4.78, 5) is 39.9. The average molecular weight is 510 g/mol. The Balaban J connectivity index is 1.76. The summed E-state index contributed by atoms with van der Waals surface area (Å²) < 4.78 is 0. The number of nitriles is 1. The SMILES string of the molecule is CC1(C)CC[C@]2(C(=O)O)CC[C@@]3(C)[C@]4(C)CC[C@H]5[C@](C)(O)C(=O)C(C#N)=C[C@]5(C)C4=CC(=O)[C@]3(O)[C@@H]2C1. The van der Waals surface area contributed by atoms with E-state index in [0.717, 1.165) is 12.0 Å². The van der Waals surface area contributed by atoms with Crippen molar-refractivity contribution in [2.75, 3.05) is 0 Å². The number of allylic oxidation sites excluding steroid dienone is 2. The maximum Gasteiger partial charge on any atom is 0.310 e. The largest absolute Gasteiger partial charge is 0.481 e. The number of carboxylic acid groups (broad SMARTS) is 1. The topological polar surface area (TPSA) is 136 Å². The molecule has 3 saturated carbocycles. The van der Waals surface area contributed by atoms with Crippen LogP contribution >= 0.6 is 0 Å². The number of carbonyl (C=O) groups excluding carboxylic acids is 2. The van der Waals surface area contributed by atoms with Crippen molar-refractivity contribution in [2.24, 2.45) is 38.9 Å². The molecule has 5 aliphatic rings. The minimum absolute atomic E-state index is 0.116. The molecular formula is C30H39NO6. The summed E-state index contributed by atoms with van der Waals surface area (Å²) in [7, 11) is 0. The van der Waals surface area contributed by atoms with Crippen LogP contribution in [0.15, 0.2) is 23.3 Å². The number of hydrogen-bond donors (Lipinski definition) is 3. The van der Waals surface area contributed by atoms with E-state index in [2.05, 4.69) is 13.8 Å². The summed E-state index contributed by atoms with van der Waals surface area (Å²) >= 11 is 0. The van der Waals surface area contributed by atoms with Gasteiger partial charge < -0.3 is 15.3 Å². The monoisotopic (exact) mass is 509 g/mol. The van der Waals surface area contributed by atoms with E-state index in [1.807, 2.05) is 26.8 Å². The fourth-order valence-corrected chi connectivity index (χ4v) is 9.68.